The molecular formula is C76H128I2N2O18. The zero-order valence-electron chi connectivity index (χ0n) is 61.5. The fraction of sp³-hybridized carbons (Fsp3) is 0.934. The SMILES string of the molecule is CCC1(C)CCC2C(C)(CC[C@H](O)C2(C)/C=N/I)C1C/C=C1\CC[C@H](O)[C@](CCC(C)(C)C)(C(=O)OOC(CO)[C@H](NC(=O)O[C@H]2CCC3(C)C(CCC4C3CCC3(C)C4CCC3[C@H](C)CCCC(C)C)C2)C(O)C(C)O[C@@H]2OC(C)[C@H](O[C@@H]3OC[C@@H](O)C(O)C3O)C(O)C2O)C1I. The van der Waals surface area contributed by atoms with Crippen LogP contribution in [0.4, 0.5) is 4.79 Å². The van der Waals surface area contributed by atoms with Crippen LogP contribution in [0.15, 0.2) is 14.9 Å². The number of rotatable bonds is 24. The zero-order valence-corrected chi connectivity index (χ0v) is 65.9. The average Bonchev–Trinajstić information content (AvgIpc) is 1.06. The predicted molar refractivity (Wildman–Crippen MR) is 389 cm³/mol. The Balaban J connectivity index is 0.934. The Morgan fingerprint density at radius 1 is 0.806 bits per heavy atom. The maximum absolute atomic E-state index is 15.5. The van der Waals surface area contributed by atoms with Crippen LogP contribution in [0.1, 0.15) is 238 Å². The number of hydrogen-bond acceptors (Lipinski definition) is 19. The second-order valence-electron chi connectivity index (χ2n) is 35.6. The lowest BCUT2D eigenvalue weighted by Gasteiger charge is -2.63. The number of aliphatic hydroxyl groups is 9. The Hall–Kier alpha value is -0.950. The van der Waals surface area contributed by atoms with Crippen molar-refractivity contribution in [1.29, 1.82) is 0 Å². The number of allylic oxidation sites excluding steroid dienone is 2. The molecule has 20 nitrogen and oxygen atoms in total. The van der Waals surface area contributed by atoms with Crippen molar-refractivity contribution >= 4 is 63.7 Å². The van der Waals surface area contributed by atoms with Crippen molar-refractivity contribution in [2.45, 2.75) is 340 Å². The third-order valence-electron chi connectivity index (χ3n) is 28.3. The van der Waals surface area contributed by atoms with Gasteiger partial charge in [0.25, 0.3) is 0 Å². The summed E-state index contributed by atoms with van der Waals surface area (Å²) >= 11 is 4.33. The van der Waals surface area contributed by atoms with Gasteiger partial charge in [0.1, 0.15) is 54.2 Å². The predicted octanol–water partition coefficient (Wildman–Crippen LogP) is 11.6. The number of ether oxygens (including phenoxy) is 5. The molecule has 22 heteroatoms. The normalized spacial score (nSPS) is 45.7. The molecule has 9 fully saturated rings. The number of fused-ring (bicyclic) bond motifs is 6. The van der Waals surface area contributed by atoms with Crippen LogP contribution in [0.25, 0.3) is 0 Å². The molecule has 7 aliphatic carbocycles. The van der Waals surface area contributed by atoms with Crippen molar-refractivity contribution in [3.63, 3.8) is 0 Å². The van der Waals surface area contributed by atoms with Gasteiger partial charge in [-0.3, -0.25) is 4.89 Å². The van der Waals surface area contributed by atoms with E-state index < -0.39 is 131 Å². The fourth-order valence-electron chi connectivity index (χ4n) is 21.9. The van der Waals surface area contributed by atoms with Gasteiger partial charge in [-0.25, -0.2) is 12.8 Å². The summed E-state index contributed by atoms with van der Waals surface area (Å²) in [6.45, 7) is 29.4. The van der Waals surface area contributed by atoms with E-state index in [2.05, 4.69) is 120 Å². The smallest absolute Gasteiger partial charge is 0.407 e. The number of amides is 1. The summed E-state index contributed by atoms with van der Waals surface area (Å²) in [5.41, 5.74) is -0.971. The van der Waals surface area contributed by atoms with Gasteiger partial charge < -0.3 is 75.0 Å². The lowest BCUT2D eigenvalue weighted by molar-refractivity contribution is -0.351. The largest absolute Gasteiger partial charge is 0.446 e. The Morgan fingerprint density at radius 2 is 1.49 bits per heavy atom. The van der Waals surface area contributed by atoms with E-state index in [1.807, 2.05) is 29.1 Å². The van der Waals surface area contributed by atoms with Crippen molar-refractivity contribution in [2.24, 2.45) is 94.4 Å². The molecule has 2 saturated heterocycles. The first kappa shape index (κ1) is 81.1. The monoisotopic (exact) mass is 1610 g/mol. The van der Waals surface area contributed by atoms with Crippen molar-refractivity contribution in [2.75, 3.05) is 13.2 Å². The molecule has 10 N–H and O–H groups in total. The number of nitrogens with zero attached hydrogens (tertiary/aromatic N) is 1. The minimum absolute atomic E-state index is 0.00340. The van der Waals surface area contributed by atoms with Crippen LogP contribution in [0.2, 0.25) is 0 Å². The molecule has 0 aromatic rings. The molecule has 2 aliphatic heterocycles. The number of carbonyl (C=O) groups is 2. The highest BCUT2D eigenvalue weighted by Gasteiger charge is 2.64. The van der Waals surface area contributed by atoms with E-state index in [0.29, 0.717) is 55.3 Å². The number of aliphatic hydroxyl groups excluding tert-OH is 9. The molecule has 0 aromatic carbocycles. The van der Waals surface area contributed by atoms with Crippen LogP contribution < -0.4 is 5.32 Å². The first-order chi connectivity index (χ1) is 46.0. The third-order valence-corrected chi connectivity index (χ3v) is 30.5. The number of carbonyl (C=O) groups excluding carboxylic acids is 2. The molecule has 7 saturated carbocycles. The van der Waals surface area contributed by atoms with E-state index in [4.69, 9.17) is 33.5 Å². The topological polar surface area (TPSA) is 305 Å². The molecule has 1 amide bonds. The summed E-state index contributed by atoms with van der Waals surface area (Å²) in [6, 6.07) is -1.62. The number of alkyl carbamates (subject to hydrolysis) is 1. The summed E-state index contributed by atoms with van der Waals surface area (Å²) in [5, 5.41) is 105. The van der Waals surface area contributed by atoms with Crippen LogP contribution >= 0.6 is 45.5 Å². The van der Waals surface area contributed by atoms with Gasteiger partial charge in [-0.15, -0.1) is 0 Å². The van der Waals surface area contributed by atoms with Gasteiger partial charge in [-0.05, 0) is 210 Å². The Morgan fingerprint density at radius 3 is 2.16 bits per heavy atom. The molecule has 2 heterocycles. The molecule has 0 aromatic heterocycles. The molecule has 564 valence electrons. The van der Waals surface area contributed by atoms with E-state index >= 15 is 4.79 Å². The van der Waals surface area contributed by atoms with E-state index in [0.717, 1.165) is 74.2 Å². The Bertz CT molecular complexity index is 2710. The van der Waals surface area contributed by atoms with E-state index in [1.165, 1.54) is 65.2 Å². The van der Waals surface area contributed by atoms with Gasteiger partial charge in [0.05, 0.1) is 70.5 Å². The molecule has 0 bridgehead atoms. The second kappa shape index (κ2) is 32.6. The molecule has 98 heavy (non-hydrogen) atoms. The van der Waals surface area contributed by atoms with Crippen LogP contribution in [0.3, 0.4) is 0 Å². The molecular weight excluding hydrogens is 1480 g/mol. The highest BCUT2D eigenvalue weighted by Crippen LogP contribution is 2.70. The molecule has 0 radical (unpaired) electrons. The first-order valence-electron chi connectivity index (χ1n) is 37.9. The number of hydrogen-bond donors (Lipinski definition) is 10. The van der Waals surface area contributed by atoms with Gasteiger partial charge in [0.15, 0.2) is 18.7 Å². The lowest BCUT2D eigenvalue weighted by Crippen LogP contribution is -2.63. The average molecular weight is 1610 g/mol. The van der Waals surface area contributed by atoms with Crippen LogP contribution in [-0.4, -0.2) is 179 Å². The van der Waals surface area contributed by atoms with Crippen LogP contribution in [-0.2, 0) is 38.3 Å². The van der Waals surface area contributed by atoms with Gasteiger partial charge in [-0.2, -0.15) is 4.89 Å². The Kier molecular flexibility index (Phi) is 27.0. The van der Waals surface area contributed by atoms with E-state index in [-0.39, 0.29) is 52.9 Å². The number of alkyl halides is 1. The van der Waals surface area contributed by atoms with Crippen LogP contribution in [0.5, 0.6) is 0 Å². The highest BCUT2D eigenvalue weighted by molar-refractivity contribution is 14.1. The summed E-state index contributed by atoms with van der Waals surface area (Å²) in [5.74, 6) is 4.11. The third kappa shape index (κ3) is 16.3. The molecule has 0 spiro atoms. The van der Waals surface area contributed by atoms with E-state index in [1.54, 1.807) is 0 Å². The maximum Gasteiger partial charge on any atom is 0.407 e. The minimum atomic E-state index is -1.83. The number of nitrogens with one attached hydrogen (secondary N) is 1. The van der Waals surface area contributed by atoms with Gasteiger partial charge in [0, 0.05) is 11.6 Å². The molecule has 31 atom stereocenters. The Labute approximate surface area is 613 Å². The van der Waals surface area contributed by atoms with Crippen molar-refractivity contribution in [1.82, 2.24) is 5.32 Å². The van der Waals surface area contributed by atoms with Gasteiger partial charge >= 0.3 is 12.1 Å². The quantitative estimate of drug-likeness (QED) is 0.0107. The van der Waals surface area contributed by atoms with Crippen molar-refractivity contribution in [3.8, 4) is 0 Å². The maximum atomic E-state index is 15.5. The fourth-order valence-corrected chi connectivity index (χ4v) is 24.1. The highest BCUT2D eigenvalue weighted by atomic mass is 127. The number of halogens is 2. The summed E-state index contributed by atoms with van der Waals surface area (Å²) in [7, 11) is 0. The van der Waals surface area contributed by atoms with E-state index in [9.17, 15) is 50.8 Å². The van der Waals surface area contributed by atoms with Crippen LogP contribution in [0, 0.1) is 91.2 Å². The zero-order chi connectivity index (χ0) is 72.0. The lowest BCUT2D eigenvalue weighted by atomic mass is 9.42. The first-order valence-corrected chi connectivity index (χ1v) is 40.2. The van der Waals surface area contributed by atoms with Gasteiger partial charge in [0.2, 0.25) is 0 Å². The van der Waals surface area contributed by atoms with Crippen molar-refractivity contribution in [3.05, 3.63) is 11.6 Å². The molecule has 9 aliphatic rings. The second-order valence-corrected chi connectivity index (χ2v) is 37.4. The summed E-state index contributed by atoms with van der Waals surface area (Å²) < 4.78 is 33.7. The molecule has 9 rings (SSSR count). The molecule has 21 unspecified atom stereocenters. The minimum Gasteiger partial charge on any atom is -0.446 e. The summed E-state index contributed by atoms with van der Waals surface area (Å²) in [4.78, 5) is 42.1. The summed E-state index contributed by atoms with van der Waals surface area (Å²) in [6.07, 6.45) is 2.85. The standard InChI is InChI=1S/C76H128I2N2O18/c1-15-71(10)31-29-55-74(13,34-30-56(83)75(55,14)40-79-78)54(71)25-19-45-20-26-57(84)76(65(45)77,36-35-70(7,8)9)68(90)98-97-53(38-81)58(59(85)43(5)93-67-63(89)61(87)64(44(6)94-67)96-66-62(88)60(86)52(82)39-92-66)80-69(91)95-47-27-32-72(11)46(37-47)21-22-48-50-24-23-49(42(4)18-16-17-41(2)3)73(50,12)33-28-51(48)72/h19,40-44,46-67,81-89H,15-18,20-39H2,1-14H3,(H,80,91)/b45-19+,79-40+/t42-,43?,44?,46?,47+,48?,49?,50?,51?,52-,53?,54?,55?,56+,57+,58+,59?,60?,61?,62?,63?,64+,65?,66+,67-,71?,72?,73?,74?,75?,76+/m1/s1. The van der Waals surface area contributed by atoms with Crippen molar-refractivity contribution < 1.29 is 89.0 Å². The van der Waals surface area contributed by atoms with Gasteiger partial charge in [-0.1, -0.05) is 143 Å².